The molecule has 45 heavy (non-hydrogen) atoms. The van der Waals surface area contributed by atoms with E-state index in [9.17, 15) is 9.90 Å². The van der Waals surface area contributed by atoms with Crippen LogP contribution in [0, 0.1) is 24.5 Å². The number of nitrogens with zero attached hydrogens (tertiary/aromatic N) is 2. The van der Waals surface area contributed by atoms with Crippen LogP contribution in [0.2, 0.25) is 0 Å². The van der Waals surface area contributed by atoms with Crippen molar-refractivity contribution in [3.05, 3.63) is 95.7 Å². The monoisotopic (exact) mass is 796 g/mol. The van der Waals surface area contributed by atoms with Crippen molar-refractivity contribution in [3.63, 3.8) is 0 Å². The van der Waals surface area contributed by atoms with E-state index in [0.29, 0.717) is 5.69 Å². The Hall–Kier alpha value is -3.36. The topological polar surface area (TPSA) is 54.5 Å². The summed E-state index contributed by atoms with van der Waals surface area (Å²) in [6.07, 6.45) is 6.78. The normalized spacial score (nSPS) is 11.9. The fourth-order valence-corrected chi connectivity index (χ4v) is 7.01. The molecule has 3 aromatic carbocycles. The molecule has 6 heteroatoms. The van der Waals surface area contributed by atoms with Gasteiger partial charge in [0.25, 0.3) is 0 Å². The van der Waals surface area contributed by atoms with Gasteiger partial charge in [0.05, 0.1) is 12.3 Å². The summed E-state index contributed by atoms with van der Waals surface area (Å²) in [6, 6.07) is 22.3. The van der Waals surface area contributed by atoms with Gasteiger partial charge in [0, 0.05) is 59.3 Å². The molecule has 0 atom stereocenters. The van der Waals surface area contributed by atoms with Crippen LogP contribution in [-0.2, 0) is 30.3 Å². The number of aromatic nitrogens is 1. The molecule has 1 radical (unpaired) electrons. The van der Waals surface area contributed by atoms with Crippen molar-refractivity contribution in [1.29, 1.82) is 0 Å². The second-order valence-corrected chi connectivity index (χ2v) is 13.3. The quantitative estimate of drug-likeness (QED) is 0.0967. The van der Waals surface area contributed by atoms with Crippen LogP contribution in [0.4, 0.5) is 5.69 Å². The van der Waals surface area contributed by atoms with Gasteiger partial charge in [-0.25, -0.2) is 4.85 Å². The van der Waals surface area contributed by atoms with Crippen molar-refractivity contribution in [2.24, 2.45) is 11.8 Å². The Morgan fingerprint density at radius 1 is 0.933 bits per heavy atom. The number of thiophene rings is 1. The first kappa shape index (κ1) is 36.1. The molecule has 0 bridgehead atoms. The van der Waals surface area contributed by atoms with Gasteiger partial charge in [0.15, 0.2) is 5.78 Å². The molecular weight excluding hydrogens is 753 g/mol. The number of carbonyl (C=O) groups is 1. The molecule has 0 amide bonds. The SMILES string of the molecule is CCC(CC)C(=O)/C=C(\O)C(CC)CC.[C-]#[N+]c1cccc2c1sc1c(-c3[c-]c4ccccc4c(C(C)(C)C)c3)nccc12.[Ir]. The van der Waals surface area contributed by atoms with Gasteiger partial charge >= 0.3 is 0 Å². The molecule has 0 aliphatic heterocycles. The summed E-state index contributed by atoms with van der Waals surface area (Å²) in [7, 11) is 0. The van der Waals surface area contributed by atoms with Crippen molar-refractivity contribution >= 4 is 53.8 Å². The fraction of sp³-hybridized carbons (Fsp3) is 0.359. The molecule has 2 aromatic heterocycles. The number of hydrogen-bond donors (Lipinski definition) is 1. The zero-order chi connectivity index (χ0) is 32.0. The summed E-state index contributed by atoms with van der Waals surface area (Å²) in [5.41, 5.74) is 3.96. The van der Waals surface area contributed by atoms with E-state index in [1.54, 1.807) is 11.3 Å². The van der Waals surface area contributed by atoms with Gasteiger partial charge < -0.3 is 5.11 Å². The summed E-state index contributed by atoms with van der Waals surface area (Å²) in [5, 5.41) is 14.4. The Balaban J connectivity index is 0.000000297. The molecule has 0 unspecified atom stereocenters. The number of pyridine rings is 1. The summed E-state index contributed by atoms with van der Waals surface area (Å²) in [5.74, 6) is 0.547. The summed E-state index contributed by atoms with van der Waals surface area (Å²) >= 11 is 1.66. The summed E-state index contributed by atoms with van der Waals surface area (Å²) < 4.78 is 2.15. The minimum absolute atomic E-state index is 0. The Morgan fingerprint density at radius 3 is 2.18 bits per heavy atom. The first-order chi connectivity index (χ1) is 21.1. The third kappa shape index (κ3) is 7.90. The first-order valence-electron chi connectivity index (χ1n) is 15.7. The van der Waals surface area contributed by atoms with E-state index < -0.39 is 0 Å². The number of rotatable bonds is 8. The number of carbonyl (C=O) groups excluding carboxylic acids is 1. The molecule has 0 saturated carbocycles. The molecule has 0 aliphatic carbocycles. The van der Waals surface area contributed by atoms with Crippen molar-refractivity contribution in [2.45, 2.75) is 79.6 Å². The maximum Gasteiger partial charge on any atom is 0.204 e. The molecule has 1 N–H and O–H groups in total. The molecule has 0 fully saturated rings. The molecule has 5 aromatic rings. The maximum absolute atomic E-state index is 11.7. The van der Waals surface area contributed by atoms with Crippen LogP contribution in [0.25, 0.3) is 47.0 Å². The number of ketones is 1. The first-order valence-corrected chi connectivity index (χ1v) is 16.5. The predicted octanol–water partition coefficient (Wildman–Crippen LogP) is 11.8. The van der Waals surface area contributed by atoms with Gasteiger partial charge in [0.2, 0.25) is 5.69 Å². The molecule has 5 rings (SSSR count). The van der Waals surface area contributed by atoms with Crippen LogP contribution in [0.15, 0.2) is 72.6 Å². The van der Waals surface area contributed by atoms with Crippen LogP contribution < -0.4 is 0 Å². The van der Waals surface area contributed by atoms with Crippen LogP contribution in [0.3, 0.4) is 0 Å². The van der Waals surface area contributed by atoms with E-state index in [2.05, 4.69) is 74.1 Å². The zero-order valence-corrected chi connectivity index (χ0v) is 30.5. The van der Waals surface area contributed by atoms with E-state index in [1.165, 1.54) is 17.0 Å². The number of aliphatic hydroxyl groups excluding tert-OH is 1. The van der Waals surface area contributed by atoms with Gasteiger partial charge in [-0.05, 0) is 47.9 Å². The van der Waals surface area contributed by atoms with E-state index in [-0.39, 0.29) is 48.9 Å². The molecule has 0 aliphatic rings. The molecule has 4 nitrogen and oxygen atoms in total. The number of aliphatic hydroxyl groups is 1. The minimum Gasteiger partial charge on any atom is -0.512 e. The predicted molar refractivity (Wildman–Crippen MR) is 188 cm³/mol. The van der Waals surface area contributed by atoms with Gasteiger partial charge in [-0.2, -0.15) is 11.3 Å². The summed E-state index contributed by atoms with van der Waals surface area (Å²) in [4.78, 5) is 20.2. The van der Waals surface area contributed by atoms with Crippen molar-refractivity contribution in [3.8, 4) is 11.3 Å². The van der Waals surface area contributed by atoms with Crippen molar-refractivity contribution in [2.75, 3.05) is 0 Å². The maximum atomic E-state index is 11.7. The Kier molecular flexibility index (Phi) is 12.7. The van der Waals surface area contributed by atoms with Gasteiger partial charge in [0.1, 0.15) is 0 Å². The second-order valence-electron chi connectivity index (χ2n) is 12.3. The Bertz CT molecular complexity index is 1850. The zero-order valence-electron chi connectivity index (χ0n) is 27.3. The molecule has 237 valence electrons. The van der Waals surface area contributed by atoms with Crippen molar-refractivity contribution < 1.29 is 30.0 Å². The third-order valence-corrected chi connectivity index (χ3v) is 9.68. The van der Waals surface area contributed by atoms with E-state index in [1.807, 2.05) is 46.0 Å². The van der Waals surface area contributed by atoms with E-state index >= 15 is 0 Å². The van der Waals surface area contributed by atoms with Gasteiger partial charge in [-0.1, -0.05) is 95.8 Å². The standard InChI is InChI=1S/C26H19N2S.C13H24O2.Ir/c1-26(2,3)21-15-17(14-16-8-5-6-9-18(16)21)23-25-20(12-13-28-23)19-10-7-11-22(27-4)24(19)29-25;1-5-10(6-2)12(14)9-13(15)11(7-3)8-4;/h5-13,15H,1-3H3;9-11,14H,5-8H2,1-4H3;/q-1;;/b;12-9-;. The smallest absolute Gasteiger partial charge is 0.204 e. The molecular formula is C39H43IrN2O2S-. The van der Waals surface area contributed by atoms with Gasteiger partial charge in [-0.3, -0.25) is 9.78 Å². The number of allylic oxidation sites excluding steroid dienone is 2. The number of hydrogen-bond acceptors (Lipinski definition) is 4. The third-order valence-electron chi connectivity index (χ3n) is 8.43. The van der Waals surface area contributed by atoms with Crippen LogP contribution >= 0.6 is 11.3 Å². The van der Waals surface area contributed by atoms with Gasteiger partial charge in [-0.15, -0.1) is 29.1 Å². The second kappa shape index (κ2) is 15.8. The average molecular weight is 796 g/mol. The van der Waals surface area contributed by atoms with Crippen LogP contribution in [0.1, 0.15) is 79.7 Å². The largest absolute Gasteiger partial charge is 0.512 e. The number of fused-ring (bicyclic) bond motifs is 4. The minimum atomic E-state index is 0. The average Bonchev–Trinajstić information content (AvgIpc) is 3.41. The Morgan fingerprint density at radius 2 is 1.56 bits per heavy atom. The molecule has 0 saturated heterocycles. The van der Waals surface area contributed by atoms with Crippen molar-refractivity contribution in [1.82, 2.24) is 4.98 Å². The van der Waals surface area contributed by atoms with Crippen LogP contribution in [0.5, 0.6) is 0 Å². The molecule has 0 spiro atoms. The molecule has 2 heterocycles. The van der Waals surface area contributed by atoms with E-state index in [0.717, 1.165) is 62.5 Å². The Labute approximate surface area is 285 Å². The number of benzene rings is 3. The van der Waals surface area contributed by atoms with Crippen LogP contribution in [-0.4, -0.2) is 15.9 Å². The fourth-order valence-electron chi connectivity index (χ4n) is 5.75. The summed E-state index contributed by atoms with van der Waals surface area (Å²) in [6.45, 7) is 22.3. The van der Waals surface area contributed by atoms with E-state index in [4.69, 9.17) is 11.6 Å².